The third-order valence-corrected chi connectivity index (χ3v) is 1.58. The first-order valence-electron chi connectivity index (χ1n) is 2.59. The van der Waals surface area contributed by atoms with E-state index in [0.717, 1.165) is 0 Å². The topological polar surface area (TPSA) is 57.2 Å². The summed E-state index contributed by atoms with van der Waals surface area (Å²) in [6.45, 7) is -0.948. The Morgan fingerprint density at radius 2 is 1.91 bits per heavy atom. The molecule has 1 atom stereocenters. The van der Waals surface area contributed by atoms with E-state index < -0.39 is 35.1 Å². The van der Waals surface area contributed by atoms with E-state index in [1.54, 1.807) is 0 Å². The van der Waals surface area contributed by atoms with Crippen molar-refractivity contribution in [3.63, 3.8) is 0 Å². The van der Waals surface area contributed by atoms with Crippen LogP contribution in [0.2, 0.25) is 0 Å². The van der Waals surface area contributed by atoms with Gasteiger partial charge in [-0.15, -0.1) is 0 Å². The number of hydrogen-bond donors (Lipinski definition) is 0. The molecule has 0 rings (SSSR count). The first-order chi connectivity index (χ1) is 4.45. The molecule has 7 heteroatoms. The van der Waals surface area contributed by atoms with Crippen molar-refractivity contribution in [2.45, 2.75) is 12.6 Å². The van der Waals surface area contributed by atoms with E-state index in [0.29, 0.717) is 0 Å². The van der Waals surface area contributed by atoms with Gasteiger partial charge in [-0.3, -0.25) is 4.39 Å². The average molecular weight is 196 g/mol. The van der Waals surface area contributed by atoms with E-state index in [1.165, 1.54) is 0 Å². The molecule has 62 valence electrons. The molecule has 0 aliphatic carbocycles. The molecule has 0 saturated heterocycles. The molecule has 0 fully saturated rings. The van der Waals surface area contributed by atoms with Gasteiger partial charge < -0.3 is 4.55 Å². The summed E-state index contributed by atoms with van der Waals surface area (Å²) in [5.74, 6) is -1.13. The molecule has 0 radical (unpaired) electrons. The maximum Gasteiger partial charge on any atom is 1.00 e. The molecule has 3 nitrogen and oxygen atoms in total. The van der Waals surface area contributed by atoms with Crippen LogP contribution in [0.4, 0.5) is 8.78 Å². The van der Waals surface area contributed by atoms with Crippen LogP contribution in [0.25, 0.3) is 0 Å². The second-order valence-electron chi connectivity index (χ2n) is 1.80. The summed E-state index contributed by atoms with van der Waals surface area (Å²) >= 11 is 0. The van der Waals surface area contributed by atoms with Gasteiger partial charge in [-0.05, 0) is 0 Å². The summed E-state index contributed by atoms with van der Waals surface area (Å²) in [5, 5.41) is 0. The van der Waals surface area contributed by atoms with Crippen molar-refractivity contribution in [1.82, 2.24) is 0 Å². The summed E-state index contributed by atoms with van der Waals surface area (Å²) in [5.41, 5.74) is 0. The summed E-state index contributed by atoms with van der Waals surface area (Å²) in [4.78, 5) is 0. The van der Waals surface area contributed by atoms with Crippen molar-refractivity contribution >= 4 is 10.1 Å². The van der Waals surface area contributed by atoms with Gasteiger partial charge in [0, 0.05) is 6.42 Å². The van der Waals surface area contributed by atoms with Crippen LogP contribution in [0.1, 0.15) is 6.42 Å². The van der Waals surface area contributed by atoms with Gasteiger partial charge in [0.05, 0.1) is 22.5 Å². The smallest absolute Gasteiger partial charge is 0.748 e. The number of halogens is 2. The second kappa shape index (κ2) is 6.30. The first-order valence-corrected chi connectivity index (χ1v) is 4.17. The van der Waals surface area contributed by atoms with Gasteiger partial charge >= 0.3 is 29.6 Å². The van der Waals surface area contributed by atoms with E-state index in [9.17, 15) is 21.8 Å². The fourth-order valence-corrected chi connectivity index (χ4v) is 1.03. The van der Waals surface area contributed by atoms with E-state index in [4.69, 9.17) is 0 Å². The van der Waals surface area contributed by atoms with Gasteiger partial charge in [0.15, 0.2) is 0 Å². The third-order valence-electron chi connectivity index (χ3n) is 0.807. The van der Waals surface area contributed by atoms with Crippen LogP contribution in [0.15, 0.2) is 0 Å². The molecule has 0 aliphatic heterocycles. The Kier molecular flexibility index (Phi) is 8.20. The quantitative estimate of drug-likeness (QED) is 0.361. The predicted octanol–water partition coefficient (Wildman–Crippen LogP) is -2.77. The minimum absolute atomic E-state index is 0. The van der Waals surface area contributed by atoms with Crippen LogP contribution < -0.4 is 29.6 Å². The molecule has 0 aliphatic rings. The number of hydrogen-bond acceptors (Lipinski definition) is 3. The maximum absolute atomic E-state index is 12.1. The van der Waals surface area contributed by atoms with Gasteiger partial charge in [-0.1, -0.05) is 0 Å². The van der Waals surface area contributed by atoms with Crippen molar-refractivity contribution in [3.05, 3.63) is 0 Å². The Morgan fingerprint density at radius 3 is 2.18 bits per heavy atom. The van der Waals surface area contributed by atoms with Gasteiger partial charge in [0.25, 0.3) is 0 Å². The van der Waals surface area contributed by atoms with E-state index in [2.05, 4.69) is 0 Å². The predicted molar refractivity (Wildman–Crippen MR) is 30.1 cm³/mol. The van der Waals surface area contributed by atoms with Crippen LogP contribution in [0, 0.1) is 0 Å². The largest absolute Gasteiger partial charge is 1.00 e. The molecular weight excluding hydrogens is 189 g/mol. The maximum atomic E-state index is 12.1. The van der Waals surface area contributed by atoms with Gasteiger partial charge in [0.2, 0.25) is 0 Å². The molecule has 0 aromatic heterocycles. The SMILES string of the molecule is O=S(=O)([O-])CC(F)CCF.[Na+]. The number of rotatable bonds is 4. The van der Waals surface area contributed by atoms with Crippen molar-refractivity contribution in [3.8, 4) is 0 Å². The van der Waals surface area contributed by atoms with Crippen molar-refractivity contribution in [1.29, 1.82) is 0 Å². The molecule has 0 bridgehead atoms. The van der Waals surface area contributed by atoms with Crippen LogP contribution in [0.5, 0.6) is 0 Å². The van der Waals surface area contributed by atoms with E-state index >= 15 is 0 Å². The molecule has 0 heterocycles. The standard InChI is InChI=1S/C4H8F2O3S.Na/c5-2-1-4(6)3-10(7,8)9;/h4H,1-3H2,(H,7,8,9);/q;+1/p-1. The Labute approximate surface area is 86.2 Å². The van der Waals surface area contributed by atoms with Gasteiger partial charge in [-0.25, -0.2) is 12.8 Å². The van der Waals surface area contributed by atoms with Gasteiger partial charge in [0.1, 0.15) is 6.17 Å². The molecule has 0 saturated carbocycles. The third kappa shape index (κ3) is 10.8. The summed E-state index contributed by atoms with van der Waals surface area (Å²) in [7, 11) is -4.54. The molecule has 0 amide bonds. The van der Waals surface area contributed by atoms with Crippen molar-refractivity contribution in [2.75, 3.05) is 12.4 Å². The van der Waals surface area contributed by atoms with Crippen LogP contribution >= 0.6 is 0 Å². The fourth-order valence-electron chi connectivity index (χ4n) is 0.423. The monoisotopic (exact) mass is 196 g/mol. The zero-order chi connectivity index (χ0) is 8.20. The summed E-state index contributed by atoms with van der Waals surface area (Å²) < 4.78 is 52.8. The van der Waals surface area contributed by atoms with Crippen LogP contribution in [0.3, 0.4) is 0 Å². The molecule has 0 N–H and O–H groups in total. The van der Waals surface area contributed by atoms with E-state index in [1.807, 2.05) is 0 Å². The Balaban J connectivity index is 0. The molecule has 11 heavy (non-hydrogen) atoms. The zero-order valence-electron chi connectivity index (χ0n) is 6.09. The molecule has 1 unspecified atom stereocenters. The Hall–Kier alpha value is 0.770. The van der Waals surface area contributed by atoms with E-state index in [-0.39, 0.29) is 29.6 Å². The molecule has 0 spiro atoms. The zero-order valence-corrected chi connectivity index (χ0v) is 8.90. The van der Waals surface area contributed by atoms with Crippen LogP contribution in [-0.2, 0) is 10.1 Å². The molecule has 0 aromatic carbocycles. The first kappa shape index (κ1) is 14.3. The summed E-state index contributed by atoms with van der Waals surface area (Å²) in [6, 6.07) is 0. The van der Waals surface area contributed by atoms with Crippen LogP contribution in [-0.4, -0.2) is 31.6 Å². The molecular formula is C4H7F2NaO3S. The van der Waals surface area contributed by atoms with Crippen molar-refractivity contribution in [2.24, 2.45) is 0 Å². The minimum atomic E-state index is -4.54. The van der Waals surface area contributed by atoms with Gasteiger partial charge in [-0.2, -0.15) is 0 Å². The number of alkyl halides is 2. The fraction of sp³-hybridized carbons (Fsp3) is 1.00. The molecule has 0 aromatic rings. The minimum Gasteiger partial charge on any atom is -0.748 e. The Bertz CT molecular complexity index is 182. The Morgan fingerprint density at radius 1 is 1.45 bits per heavy atom. The second-order valence-corrected chi connectivity index (χ2v) is 3.25. The normalized spacial score (nSPS) is 13.7. The van der Waals surface area contributed by atoms with Crippen molar-refractivity contribution < 1.29 is 51.3 Å². The average Bonchev–Trinajstić information content (AvgIpc) is 1.59. The summed E-state index contributed by atoms with van der Waals surface area (Å²) in [6.07, 6.45) is -2.39.